The van der Waals surface area contributed by atoms with Crippen molar-refractivity contribution in [2.45, 2.75) is 45.6 Å². The number of amides is 1. The fraction of sp³-hybridized carbons (Fsp3) is 0.500. The number of aromatic nitrogens is 2. The number of nitrogens with zero attached hydrogens (tertiary/aromatic N) is 2. The van der Waals surface area contributed by atoms with Crippen molar-refractivity contribution in [2.75, 3.05) is 0 Å². The molecule has 0 radical (unpaired) electrons. The summed E-state index contributed by atoms with van der Waals surface area (Å²) in [5, 5.41) is 15.6. The van der Waals surface area contributed by atoms with E-state index in [1.54, 1.807) is 19.1 Å². The van der Waals surface area contributed by atoms with Gasteiger partial charge in [-0.2, -0.15) is 4.98 Å². The van der Waals surface area contributed by atoms with E-state index >= 15 is 0 Å². The van der Waals surface area contributed by atoms with Crippen LogP contribution in [0.1, 0.15) is 39.5 Å². The summed E-state index contributed by atoms with van der Waals surface area (Å²) in [6.45, 7) is 5.47. The molecule has 8 nitrogen and oxygen atoms in total. The molecule has 0 aromatic carbocycles. The van der Waals surface area contributed by atoms with Gasteiger partial charge < -0.3 is 19.4 Å². The standard InChI is InChI=1S/C16H21N3O5/c1-10(2)16(3,9-14(21)22)18-12(20)6-7-13-17-15(19-24-13)11-5-4-8-23-11/h4-5,8,10H,6-7,9H2,1-3H3,(H,18,20)(H,21,22). The number of carbonyl (C=O) groups excluding carboxylic acids is 1. The number of carbonyl (C=O) groups is 2. The molecule has 0 aliphatic heterocycles. The van der Waals surface area contributed by atoms with Crippen LogP contribution in [0.3, 0.4) is 0 Å². The number of carboxylic acids is 1. The Balaban J connectivity index is 1.92. The molecule has 0 aliphatic rings. The van der Waals surface area contributed by atoms with Crippen LogP contribution in [0.2, 0.25) is 0 Å². The van der Waals surface area contributed by atoms with Crippen molar-refractivity contribution < 1.29 is 23.6 Å². The summed E-state index contributed by atoms with van der Waals surface area (Å²) in [5.41, 5.74) is -0.808. The Morgan fingerprint density at radius 2 is 2.17 bits per heavy atom. The van der Waals surface area contributed by atoms with Gasteiger partial charge in [-0.3, -0.25) is 9.59 Å². The summed E-state index contributed by atoms with van der Waals surface area (Å²) < 4.78 is 10.3. The molecule has 130 valence electrons. The Bertz CT molecular complexity index is 692. The number of furan rings is 1. The van der Waals surface area contributed by atoms with Gasteiger partial charge in [0.1, 0.15) is 0 Å². The molecule has 0 fully saturated rings. The van der Waals surface area contributed by atoms with E-state index in [0.29, 0.717) is 17.5 Å². The highest BCUT2D eigenvalue weighted by molar-refractivity contribution is 5.78. The van der Waals surface area contributed by atoms with Crippen molar-refractivity contribution in [2.24, 2.45) is 5.92 Å². The molecule has 0 saturated carbocycles. The first-order chi connectivity index (χ1) is 11.3. The Morgan fingerprint density at radius 3 is 2.75 bits per heavy atom. The summed E-state index contributed by atoms with van der Waals surface area (Å²) >= 11 is 0. The molecule has 1 amide bonds. The molecular formula is C16H21N3O5. The van der Waals surface area contributed by atoms with E-state index in [2.05, 4.69) is 15.5 Å². The Morgan fingerprint density at radius 1 is 1.42 bits per heavy atom. The van der Waals surface area contributed by atoms with Crippen LogP contribution in [-0.4, -0.2) is 32.7 Å². The zero-order chi connectivity index (χ0) is 17.7. The minimum Gasteiger partial charge on any atom is -0.481 e. The summed E-state index contributed by atoms with van der Waals surface area (Å²) in [6.07, 6.45) is 1.76. The molecule has 24 heavy (non-hydrogen) atoms. The second-order valence-electron chi connectivity index (χ2n) is 6.18. The lowest BCUT2D eigenvalue weighted by Gasteiger charge is -2.33. The van der Waals surface area contributed by atoms with Crippen molar-refractivity contribution >= 4 is 11.9 Å². The maximum absolute atomic E-state index is 12.1. The molecule has 0 bridgehead atoms. The molecule has 0 aliphatic carbocycles. The maximum Gasteiger partial charge on any atom is 0.305 e. The quantitative estimate of drug-likeness (QED) is 0.759. The highest BCUT2D eigenvalue weighted by Gasteiger charge is 2.32. The van der Waals surface area contributed by atoms with Gasteiger partial charge >= 0.3 is 5.97 Å². The van der Waals surface area contributed by atoms with Crippen LogP contribution >= 0.6 is 0 Å². The van der Waals surface area contributed by atoms with Crippen LogP contribution in [0.4, 0.5) is 0 Å². The van der Waals surface area contributed by atoms with E-state index in [9.17, 15) is 9.59 Å². The second-order valence-corrected chi connectivity index (χ2v) is 6.18. The van der Waals surface area contributed by atoms with Crippen LogP contribution in [-0.2, 0) is 16.0 Å². The molecule has 8 heteroatoms. The van der Waals surface area contributed by atoms with Crippen molar-refractivity contribution in [3.05, 3.63) is 24.3 Å². The van der Waals surface area contributed by atoms with Crippen LogP contribution in [0.15, 0.2) is 27.3 Å². The van der Waals surface area contributed by atoms with Crippen molar-refractivity contribution in [1.82, 2.24) is 15.5 Å². The lowest BCUT2D eigenvalue weighted by molar-refractivity contribution is -0.139. The largest absolute Gasteiger partial charge is 0.481 e. The molecular weight excluding hydrogens is 314 g/mol. The van der Waals surface area contributed by atoms with Crippen LogP contribution in [0.25, 0.3) is 11.6 Å². The van der Waals surface area contributed by atoms with E-state index in [0.717, 1.165) is 0 Å². The number of nitrogens with one attached hydrogen (secondary N) is 1. The smallest absolute Gasteiger partial charge is 0.305 e. The van der Waals surface area contributed by atoms with E-state index < -0.39 is 11.5 Å². The molecule has 2 N–H and O–H groups in total. The van der Waals surface area contributed by atoms with Crippen LogP contribution in [0.5, 0.6) is 0 Å². The van der Waals surface area contributed by atoms with Gasteiger partial charge in [0.05, 0.1) is 12.7 Å². The zero-order valence-corrected chi connectivity index (χ0v) is 13.9. The lowest BCUT2D eigenvalue weighted by Crippen LogP contribution is -2.51. The predicted octanol–water partition coefficient (Wildman–Crippen LogP) is 2.27. The van der Waals surface area contributed by atoms with Gasteiger partial charge in [0, 0.05) is 18.4 Å². The average molecular weight is 335 g/mol. The molecule has 1 atom stereocenters. The third-order valence-electron chi connectivity index (χ3n) is 3.99. The van der Waals surface area contributed by atoms with Crippen LogP contribution in [0, 0.1) is 5.92 Å². The highest BCUT2D eigenvalue weighted by Crippen LogP contribution is 2.21. The number of aliphatic carboxylic acids is 1. The first-order valence-electron chi connectivity index (χ1n) is 7.69. The van der Waals surface area contributed by atoms with Gasteiger partial charge in [0.25, 0.3) is 0 Å². The molecule has 1 unspecified atom stereocenters. The summed E-state index contributed by atoms with van der Waals surface area (Å²) in [4.78, 5) is 27.3. The highest BCUT2D eigenvalue weighted by atomic mass is 16.5. The molecule has 2 rings (SSSR count). The van der Waals surface area contributed by atoms with Gasteiger partial charge in [-0.1, -0.05) is 19.0 Å². The fourth-order valence-electron chi connectivity index (χ4n) is 2.17. The third kappa shape index (κ3) is 4.43. The number of hydrogen-bond donors (Lipinski definition) is 2. The fourth-order valence-corrected chi connectivity index (χ4v) is 2.17. The monoisotopic (exact) mass is 335 g/mol. The van der Waals surface area contributed by atoms with E-state index in [4.69, 9.17) is 14.0 Å². The van der Waals surface area contributed by atoms with E-state index in [1.165, 1.54) is 6.26 Å². The minimum atomic E-state index is -0.952. The Labute approximate surface area is 139 Å². The summed E-state index contributed by atoms with van der Waals surface area (Å²) in [5.74, 6) is -0.0965. The topological polar surface area (TPSA) is 118 Å². The Kier molecular flexibility index (Phi) is 5.38. The number of carboxylic acid groups (broad SMARTS) is 1. The summed E-state index contributed by atoms with van der Waals surface area (Å²) in [6, 6.07) is 3.43. The summed E-state index contributed by atoms with van der Waals surface area (Å²) in [7, 11) is 0. The predicted molar refractivity (Wildman–Crippen MR) is 84.0 cm³/mol. The molecule has 2 aromatic heterocycles. The van der Waals surface area contributed by atoms with Gasteiger partial charge in [0.2, 0.25) is 17.6 Å². The van der Waals surface area contributed by atoms with Crippen molar-refractivity contribution in [3.8, 4) is 11.6 Å². The number of rotatable bonds is 8. The molecule has 0 saturated heterocycles. The Hall–Kier alpha value is -2.64. The first-order valence-corrected chi connectivity index (χ1v) is 7.69. The third-order valence-corrected chi connectivity index (χ3v) is 3.99. The van der Waals surface area contributed by atoms with Gasteiger partial charge in [0.15, 0.2) is 5.76 Å². The van der Waals surface area contributed by atoms with Gasteiger partial charge in [-0.05, 0) is 25.0 Å². The molecule has 2 heterocycles. The normalized spacial score (nSPS) is 13.7. The number of aryl methyl sites for hydroxylation is 1. The lowest BCUT2D eigenvalue weighted by atomic mass is 9.85. The van der Waals surface area contributed by atoms with Gasteiger partial charge in [-0.15, -0.1) is 0 Å². The first kappa shape index (κ1) is 17.7. The molecule has 2 aromatic rings. The minimum absolute atomic E-state index is 0.0218. The van der Waals surface area contributed by atoms with Gasteiger partial charge in [-0.25, -0.2) is 0 Å². The SMILES string of the molecule is CC(C)C(C)(CC(=O)O)NC(=O)CCc1nc(-c2ccco2)no1. The van der Waals surface area contributed by atoms with Crippen molar-refractivity contribution in [1.29, 1.82) is 0 Å². The molecule has 0 spiro atoms. The van der Waals surface area contributed by atoms with Crippen LogP contribution < -0.4 is 5.32 Å². The van der Waals surface area contributed by atoms with Crippen molar-refractivity contribution in [3.63, 3.8) is 0 Å². The maximum atomic E-state index is 12.1. The average Bonchev–Trinajstić information content (AvgIpc) is 3.15. The second kappa shape index (κ2) is 7.29. The van der Waals surface area contributed by atoms with E-state index in [1.807, 2.05) is 13.8 Å². The zero-order valence-electron chi connectivity index (χ0n) is 13.9. The van der Waals surface area contributed by atoms with E-state index in [-0.39, 0.29) is 31.1 Å². The number of hydrogen-bond acceptors (Lipinski definition) is 6.